The van der Waals surface area contributed by atoms with Gasteiger partial charge in [-0.2, -0.15) is 4.98 Å². The van der Waals surface area contributed by atoms with Crippen LogP contribution in [0, 0.1) is 0 Å². The molecule has 0 atom stereocenters. The fourth-order valence-electron chi connectivity index (χ4n) is 2.39. The lowest BCUT2D eigenvalue weighted by Gasteiger charge is -2.15. The minimum absolute atomic E-state index is 0.0273. The van der Waals surface area contributed by atoms with Crippen molar-refractivity contribution in [1.29, 1.82) is 0 Å². The molecule has 3 rings (SSSR count). The Morgan fingerprint density at radius 2 is 1.95 bits per heavy atom. The molecule has 5 nitrogen and oxygen atoms in total. The van der Waals surface area contributed by atoms with Gasteiger partial charge in [0.2, 0.25) is 0 Å². The molecule has 1 aliphatic rings. The van der Waals surface area contributed by atoms with E-state index in [2.05, 4.69) is 9.97 Å². The lowest BCUT2D eigenvalue weighted by molar-refractivity contribution is -0.114. The van der Waals surface area contributed by atoms with E-state index in [1.165, 1.54) is 0 Å². The first-order valence-electron chi connectivity index (χ1n) is 6.11. The lowest BCUT2D eigenvalue weighted by Crippen LogP contribution is -2.18. The van der Waals surface area contributed by atoms with Crippen molar-refractivity contribution in [2.75, 3.05) is 0 Å². The van der Waals surface area contributed by atoms with Crippen LogP contribution in [0.2, 0.25) is 0 Å². The van der Waals surface area contributed by atoms with Crippen LogP contribution in [-0.4, -0.2) is 20.9 Å². The first-order valence-corrected chi connectivity index (χ1v) is 6.11. The second-order valence-corrected chi connectivity index (χ2v) is 4.53. The van der Waals surface area contributed by atoms with Gasteiger partial charge in [-0.3, -0.25) is 4.79 Å². The van der Waals surface area contributed by atoms with Crippen LogP contribution in [-0.2, 0) is 4.79 Å². The van der Waals surface area contributed by atoms with Crippen molar-refractivity contribution < 1.29 is 9.90 Å². The van der Waals surface area contributed by atoms with Gasteiger partial charge in [0.15, 0.2) is 5.78 Å². The van der Waals surface area contributed by atoms with E-state index < -0.39 is 5.69 Å². The highest BCUT2D eigenvalue weighted by Gasteiger charge is 2.24. The first kappa shape index (κ1) is 11.6. The van der Waals surface area contributed by atoms with Gasteiger partial charge in [-0.05, 0) is 12.5 Å². The molecule has 1 aromatic heterocycles. The second-order valence-electron chi connectivity index (χ2n) is 4.53. The number of benzene rings is 1. The zero-order chi connectivity index (χ0) is 13.4. The molecule has 2 N–H and O–H groups in total. The third-order valence-corrected chi connectivity index (χ3v) is 3.26. The van der Waals surface area contributed by atoms with Crippen molar-refractivity contribution in [3.63, 3.8) is 0 Å². The minimum atomic E-state index is -0.521. The molecule has 0 bridgehead atoms. The van der Waals surface area contributed by atoms with Crippen molar-refractivity contribution in [2.45, 2.75) is 19.3 Å². The third kappa shape index (κ3) is 1.93. The third-order valence-electron chi connectivity index (χ3n) is 3.26. The summed E-state index contributed by atoms with van der Waals surface area (Å²) in [6.07, 6.45) is 1.46. The average molecular weight is 256 g/mol. The van der Waals surface area contributed by atoms with Crippen molar-refractivity contribution in [2.24, 2.45) is 0 Å². The topological polar surface area (TPSA) is 83.0 Å². The zero-order valence-electron chi connectivity index (χ0n) is 10.1. The number of rotatable bonds is 1. The molecule has 0 saturated heterocycles. The Bertz CT molecular complexity index is 759. The molecule has 19 heavy (non-hydrogen) atoms. The number of ketones is 1. The maximum Gasteiger partial charge on any atom is 0.345 e. The van der Waals surface area contributed by atoms with Crippen LogP contribution in [0.5, 0.6) is 0 Å². The summed E-state index contributed by atoms with van der Waals surface area (Å²) in [7, 11) is 0. The van der Waals surface area contributed by atoms with Crippen LogP contribution in [0.25, 0.3) is 16.5 Å². The van der Waals surface area contributed by atoms with Gasteiger partial charge in [-0.1, -0.05) is 18.2 Å². The highest BCUT2D eigenvalue weighted by molar-refractivity contribution is 6.23. The zero-order valence-corrected chi connectivity index (χ0v) is 10.1. The Balaban J connectivity index is 2.36. The Labute approximate surface area is 108 Å². The van der Waals surface area contributed by atoms with Crippen molar-refractivity contribution in [3.05, 3.63) is 46.2 Å². The summed E-state index contributed by atoms with van der Waals surface area (Å²) in [5, 5.41) is 10.6. The number of aromatic nitrogens is 2. The number of carbonyl (C=O) groups excluding carboxylic acids is 1. The summed E-state index contributed by atoms with van der Waals surface area (Å²) in [6, 6.07) is 7.11. The fourth-order valence-corrected chi connectivity index (χ4v) is 2.39. The molecule has 0 spiro atoms. The second kappa shape index (κ2) is 4.35. The minimum Gasteiger partial charge on any atom is -0.511 e. The molecule has 1 aliphatic carbocycles. The van der Waals surface area contributed by atoms with E-state index in [1.807, 2.05) is 0 Å². The van der Waals surface area contributed by atoms with Gasteiger partial charge in [0, 0.05) is 18.2 Å². The molecular weight excluding hydrogens is 244 g/mol. The van der Waals surface area contributed by atoms with Crippen molar-refractivity contribution in [3.8, 4) is 0 Å². The SMILES string of the molecule is O=C1CCCC(O)=C1c1nc(=O)[nH]c2ccccc12. The predicted molar refractivity (Wildman–Crippen MR) is 70.8 cm³/mol. The molecule has 0 amide bonds. The summed E-state index contributed by atoms with van der Waals surface area (Å²) in [5.74, 6) is -0.133. The van der Waals surface area contributed by atoms with E-state index >= 15 is 0 Å². The number of fused-ring (bicyclic) bond motifs is 1. The van der Waals surface area contributed by atoms with Gasteiger partial charge in [0.25, 0.3) is 0 Å². The number of nitrogens with zero attached hydrogens (tertiary/aromatic N) is 1. The van der Waals surface area contributed by atoms with Crippen molar-refractivity contribution >= 4 is 22.3 Å². The Morgan fingerprint density at radius 3 is 2.74 bits per heavy atom. The van der Waals surface area contributed by atoms with Crippen LogP contribution in [0.1, 0.15) is 25.0 Å². The molecular formula is C14H12N2O3. The molecule has 0 radical (unpaired) electrons. The number of aliphatic hydroxyl groups excluding tert-OH is 1. The van der Waals surface area contributed by atoms with Gasteiger partial charge in [-0.25, -0.2) is 4.79 Å². The van der Waals surface area contributed by atoms with Crippen LogP contribution >= 0.6 is 0 Å². The van der Waals surface area contributed by atoms with Gasteiger partial charge in [0.1, 0.15) is 5.76 Å². The molecule has 2 aromatic rings. The molecule has 1 aromatic carbocycles. The number of hydrogen-bond acceptors (Lipinski definition) is 4. The van der Waals surface area contributed by atoms with Crippen LogP contribution in [0.15, 0.2) is 34.8 Å². The lowest BCUT2D eigenvalue weighted by atomic mass is 9.92. The summed E-state index contributed by atoms with van der Waals surface area (Å²) in [6.45, 7) is 0. The van der Waals surface area contributed by atoms with Crippen LogP contribution in [0.3, 0.4) is 0 Å². The number of para-hydroxylation sites is 1. The summed E-state index contributed by atoms with van der Waals surface area (Å²) in [5.41, 5.74) is 0.554. The highest BCUT2D eigenvalue weighted by atomic mass is 16.3. The number of carbonyl (C=O) groups is 1. The fraction of sp³-hybridized carbons (Fsp3) is 0.214. The molecule has 96 valence electrons. The maximum absolute atomic E-state index is 12.0. The largest absolute Gasteiger partial charge is 0.511 e. The first-order chi connectivity index (χ1) is 9.16. The summed E-state index contributed by atoms with van der Waals surface area (Å²) < 4.78 is 0. The number of Topliss-reactive ketones (excluding diaryl/α,β-unsaturated/α-hetero) is 1. The standard InChI is InChI=1S/C14H12N2O3/c17-10-6-3-7-11(18)12(10)13-8-4-1-2-5-9(8)15-14(19)16-13/h1-2,4-5,17H,3,6-7H2,(H,15,16,19). The molecule has 1 heterocycles. The summed E-state index contributed by atoms with van der Waals surface area (Å²) >= 11 is 0. The number of nitrogens with one attached hydrogen (secondary N) is 1. The van der Waals surface area contributed by atoms with E-state index in [1.54, 1.807) is 24.3 Å². The molecule has 0 unspecified atom stereocenters. The average Bonchev–Trinajstić information content (AvgIpc) is 2.38. The highest BCUT2D eigenvalue weighted by Crippen LogP contribution is 2.30. The predicted octanol–water partition coefficient (Wildman–Crippen LogP) is 1.95. The van der Waals surface area contributed by atoms with Gasteiger partial charge in [-0.15, -0.1) is 0 Å². The molecule has 0 fully saturated rings. The Morgan fingerprint density at radius 1 is 1.16 bits per heavy atom. The van der Waals surface area contributed by atoms with E-state index in [0.29, 0.717) is 30.2 Å². The Hall–Kier alpha value is -2.43. The number of aliphatic hydroxyl groups is 1. The van der Waals surface area contributed by atoms with E-state index in [4.69, 9.17) is 0 Å². The van der Waals surface area contributed by atoms with Gasteiger partial charge < -0.3 is 10.1 Å². The number of aromatic amines is 1. The van der Waals surface area contributed by atoms with E-state index in [0.717, 1.165) is 0 Å². The normalized spacial score (nSPS) is 16.1. The van der Waals surface area contributed by atoms with E-state index in [-0.39, 0.29) is 22.8 Å². The van der Waals surface area contributed by atoms with Crippen molar-refractivity contribution in [1.82, 2.24) is 9.97 Å². The van der Waals surface area contributed by atoms with Crippen LogP contribution < -0.4 is 5.69 Å². The summed E-state index contributed by atoms with van der Waals surface area (Å²) in [4.78, 5) is 30.1. The Kier molecular flexibility index (Phi) is 2.67. The quantitative estimate of drug-likeness (QED) is 0.816. The number of allylic oxidation sites excluding steroid dienone is 2. The molecule has 5 heteroatoms. The number of hydrogen-bond donors (Lipinski definition) is 2. The van der Waals surface area contributed by atoms with Gasteiger partial charge >= 0.3 is 5.69 Å². The molecule has 0 saturated carbocycles. The van der Waals surface area contributed by atoms with Gasteiger partial charge in [0.05, 0.1) is 16.8 Å². The smallest absolute Gasteiger partial charge is 0.345 e. The number of H-pyrrole nitrogens is 1. The molecule has 0 aliphatic heterocycles. The van der Waals surface area contributed by atoms with Crippen LogP contribution in [0.4, 0.5) is 0 Å². The van der Waals surface area contributed by atoms with E-state index in [9.17, 15) is 14.7 Å². The monoisotopic (exact) mass is 256 g/mol. The maximum atomic E-state index is 12.0.